The highest BCUT2D eigenvalue weighted by Gasteiger charge is 2.32. The quantitative estimate of drug-likeness (QED) is 0.438. The molecule has 1 aromatic rings. The number of hydrogen-bond acceptors (Lipinski definition) is 1. The van der Waals surface area contributed by atoms with Crippen molar-refractivity contribution in [2.24, 2.45) is 16.5 Å². The average molecular weight is 392 g/mol. The second kappa shape index (κ2) is 5.31. The number of carbonyl (C=O) groups excluding carboxylic acids is 1. The number of aliphatic imine (C=N–C) groups is 1. The van der Waals surface area contributed by atoms with Gasteiger partial charge in [0.15, 0.2) is 5.96 Å². The maximum Gasteiger partial charge on any atom is 0.416 e. The fourth-order valence-electron chi connectivity index (χ4n) is 1.09. The third kappa shape index (κ3) is 3.48. The molecule has 0 fully saturated rings. The maximum atomic E-state index is 12.6. The Morgan fingerprint density at radius 2 is 1.89 bits per heavy atom. The Labute approximate surface area is 118 Å². The van der Waals surface area contributed by atoms with E-state index >= 15 is 0 Å². The summed E-state index contributed by atoms with van der Waals surface area (Å²) in [4.78, 5) is 14.7. The summed E-state index contributed by atoms with van der Waals surface area (Å²) in [5.41, 5.74) is 8.57. The highest BCUT2D eigenvalue weighted by atomic mass is 127. The molecule has 0 bridgehead atoms. The van der Waals surface area contributed by atoms with Crippen LogP contribution < -0.4 is 11.5 Å². The van der Waals surface area contributed by atoms with Crippen molar-refractivity contribution >= 4 is 46.1 Å². The van der Waals surface area contributed by atoms with E-state index in [1.807, 2.05) is 0 Å². The number of rotatable bonds is 1. The number of alkyl halides is 3. The van der Waals surface area contributed by atoms with Crippen molar-refractivity contribution in [3.8, 4) is 0 Å². The van der Waals surface area contributed by atoms with E-state index in [0.29, 0.717) is 6.07 Å². The predicted molar refractivity (Wildman–Crippen MR) is 69.3 cm³/mol. The van der Waals surface area contributed by atoms with Gasteiger partial charge >= 0.3 is 6.18 Å². The summed E-state index contributed by atoms with van der Waals surface area (Å²) in [5, 5.41) is -0.126. The first-order valence-electron chi connectivity index (χ1n) is 4.33. The Morgan fingerprint density at radius 1 is 1.33 bits per heavy atom. The summed E-state index contributed by atoms with van der Waals surface area (Å²) in [7, 11) is 0. The lowest BCUT2D eigenvalue weighted by atomic mass is 10.1. The minimum absolute atomic E-state index is 0.0817. The molecule has 0 aliphatic rings. The van der Waals surface area contributed by atoms with E-state index in [4.69, 9.17) is 23.1 Å². The molecule has 9 heteroatoms. The van der Waals surface area contributed by atoms with Gasteiger partial charge in [-0.2, -0.15) is 18.2 Å². The van der Waals surface area contributed by atoms with Crippen LogP contribution in [0, 0.1) is 3.57 Å². The SMILES string of the molecule is NC(N)=NC(=O)c1cc(C(F)(F)F)cc(I)c1Cl. The third-order valence-electron chi connectivity index (χ3n) is 1.82. The molecule has 0 aliphatic carbocycles. The third-order valence-corrected chi connectivity index (χ3v) is 3.39. The number of guanidine groups is 1. The predicted octanol–water partition coefficient (Wildman–Crippen LogP) is 2.38. The molecule has 0 unspecified atom stereocenters. The fraction of sp³-hybridized carbons (Fsp3) is 0.111. The number of hydrogen-bond donors (Lipinski definition) is 2. The summed E-state index contributed by atoms with van der Waals surface area (Å²) in [6, 6.07) is 1.44. The van der Waals surface area contributed by atoms with Gasteiger partial charge in [-0.1, -0.05) is 11.6 Å². The van der Waals surface area contributed by atoms with E-state index < -0.39 is 29.2 Å². The Bertz CT molecular complexity index is 527. The van der Waals surface area contributed by atoms with Crippen LogP contribution in [-0.4, -0.2) is 11.9 Å². The van der Waals surface area contributed by atoms with E-state index in [-0.39, 0.29) is 8.59 Å². The summed E-state index contributed by atoms with van der Waals surface area (Å²) in [6.07, 6.45) is -4.59. The Hall–Kier alpha value is -1.03. The van der Waals surface area contributed by atoms with E-state index in [2.05, 4.69) is 4.99 Å². The lowest BCUT2D eigenvalue weighted by Crippen LogP contribution is -2.24. The highest BCUT2D eigenvalue weighted by Crippen LogP contribution is 2.34. The normalized spacial score (nSPS) is 11.2. The van der Waals surface area contributed by atoms with E-state index in [9.17, 15) is 18.0 Å². The van der Waals surface area contributed by atoms with Crippen LogP contribution in [-0.2, 0) is 6.18 Å². The smallest absolute Gasteiger partial charge is 0.370 e. The van der Waals surface area contributed by atoms with Gasteiger partial charge in [-0.3, -0.25) is 4.79 Å². The van der Waals surface area contributed by atoms with Gasteiger partial charge in [-0.15, -0.1) is 0 Å². The summed E-state index contributed by atoms with van der Waals surface area (Å²) in [5.74, 6) is -1.58. The van der Waals surface area contributed by atoms with Gasteiger partial charge < -0.3 is 11.5 Å². The molecular formula is C9H6ClF3IN3O. The Kier molecular flexibility index (Phi) is 4.43. The summed E-state index contributed by atoms with van der Waals surface area (Å²) >= 11 is 7.33. The molecule has 1 rings (SSSR count). The summed E-state index contributed by atoms with van der Waals surface area (Å²) in [6.45, 7) is 0. The molecule has 18 heavy (non-hydrogen) atoms. The van der Waals surface area contributed by atoms with Crippen LogP contribution in [0.3, 0.4) is 0 Å². The largest absolute Gasteiger partial charge is 0.416 e. The second-order valence-corrected chi connectivity index (χ2v) is 4.70. The molecule has 1 aromatic carbocycles. The number of nitrogens with zero attached hydrogens (tertiary/aromatic N) is 1. The van der Waals surface area contributed by atoms with Crippen molar-refractivity contribution in [3.05, 3.63) is 31.9 Å². The molecule has 0 aromatic heterocycles. The number of benzene rings is 1. The molecule has 1 amide bonds. The monoisotopic (exact) mass is 391 g/mol. The minimum atomic E-state index is -4.59. The molecule has 4 N–H and O–H groups in total. The van der Waals surface area contributed by atoms with Crippen molar-refractivity contribution in [2.75, 3.05) is 0 Å². The van der Waals surface area contributed by atoms with Gasteiger partial charge in [-0.05, 0) is 34.7 Å². The zero-order chi connectivity index (χ0) is 14.1. The molecule has 0 spiro atoms. The van der Waals surface area contributed by atoms with Gasteiger partial charge in [0.05, 0.1) is 16.1 Å². The van der Waals surface area contributed by atoms with Crippen molar-refractivity contribution in [1.29, 1.82) is 0 Å². The highest BCUT2D eigenvalue weighted by molar-refractivity contribution is 14.1. The van der Waals surface area contributed by atoms with Crippen molar-refractivity contribution in [2.45, 2.75) is 6.18 Å². The molecule has 0 heterocycles. The topological polar surface area (TPSA) is 81.5 Å². The second-order valence-electron chi connectivity index (χ2n) is 3.16. The molecule has 0 radical (unpaired) electrons. The van der Waals surface area contributed by atoms with Gasteiger partial charge in [0, 0.05) is 3.57 Å². The molecule has 98 valence electrons. The van der Waals surface area contributed by atoms with Crippen LogP contribution in [0.2, 0.25) is 5.02 Å². The van der Waals surface area contributed by atoms with Gasteiger partial charge in [0.25, 0.3) is 5.91 Å². The molecule has 0 saturated carbocycles. The van der Waals surface area contributed by atoms with Crippen molar-refractivity contribution in [1.82, 2.24) is 0 Å². The Balaban J connectivity index is 3.40. The number of nitrogens with two attached hydrogens (primary N) is 2. The molecule has 0 aliphatic heterocycles. The lowest BCUT2D eigenvalue weighted by Gasteiger charge is -2.10. The first kappa shape index (κ1) is 15.0. The van der Waals surface area contributed by atoms with Crippen LogP contribution in [0.4, 0.5) is 13.2 Å². The van der Waals surface area contributed by atoms with Crippen LogP contribution in [0.1, 0.15) is 15.9 Å². The van der Waals surface area contributed by atoms with Crippen LogP contribution in [0.5, 0.6) is 0 Å². The van der Waals surface area contributed by atoms with Crippen LogP contribution in [0.15, 0.2) is 17.1 Å². The zero-order valence-electron chi connectivity index (χ0n) is 8.55. The average Bonchev–Trinajstić information content (AvgIpc) is 2.18. The number of amides is 1. The van der Waals surface area contributed by atoms with Gasteiger partial charge in [-0.25, -0.2) is 0 Å². The standard InChI is InChI=1S/C9H6ClF3IN3O/c10-6-4(7(18)17-8(15)16)1-3(2-5(6)14)9(11,12)13/h1-2H,(H4,15,16,17,18). The molecule has 0 atom stereocenters. The fourth-order valence-corrected chi connectivity index (χ4v) is 1.90. The first-order chi connectivity index (χ1) is 8.12. The van der Waals surface area contributed by atoms with Gasteiger partial charge in [0.1, 0.15) is 0 Å². The zero-order valence-corrected chi connectivity index (χ0v) is 11.5. The van der Waals surface area contributed by atoms with E-state index in [1.54, 1.807) is 22.6 Å². The molecular weight excluding hydrogens is 385 g/mol. The van der Waals surface area contributed by atoms with E-state index in [0.717, 1.165) is 6.07 Å². The van der Waals surface area contributed by atoms with Crippen LogP contribution >= 0.6 is 34.2 Å². The van der Waals surface area contributed by atoms with Crippen molar-refractivity contribution in [3.63, 3.8) is 0 Å². The number of carbonyl (C=O) groups is 1. The molecule has 4 nitrogen and oxygen atoms in total. The lowest BCUT2D eigenvalue weighted by molar-refractivity contribution is -0.137. The van der Waals surface area contributed by atoms with E-state index in [1.165, 1.54) is 0 Å². The van der Waals surface area contributed by atoms with Gasteiger partial charge in [0.2, 0.25) is 0 Å². The Morgan fingerprint density at radius 3 is 2.33 bits per heavy atom. The first-order valence-corrected chi connectivity index (χ1v) is 5.79. The maximum absolute atomic E-state index is 12.6. The molecule has 0 saturated heterocycles. The van der Waals surface area contributed by atoms with Crippen molar-refractivity contribution < 1.29 is 18.0 Å². The van der Waals surface area contributed by atoms with Crippen LogP contribution in [0.25, 0.3) is 0 Å². The number of halogens is 5. The minimum Gasteiger partial charge on any atom is -0.370 e. The summed E-state index contributed by atoms with van der Waals surface area (Å²) < 4.78 is 37.8.